The number of benzene rings is 1. The number of hydrogen-bond acceptors (Lipinski definition) is 2. The standard InChI is InChI=1S/C11H16N2/c1-13-9-12-8-7-11(13)10-5-3-2-4-6-10/h2-6,11-12H,7-9H2,1H3. The van der Waals surface area contributed by atoms with Crippen LogP contribution >= 0.6 is 0 Å². The molecule has 1 aliphatic rings. The van der Waals surface area contributed by atoms with E-state index in [2.05, 4.69) is 47.6 Å². The van der Waals surface area contributed by atoms with Gasteiger partial charge in [-0.1, -0.05) is 30.3 Å². The van der Waals surface area contributed by atoms with Gasteiger partial charge in [-0.25, -0.2) is 0 Å². The molecule has 70 valence electrons. The van der Waals surface area contributed by atoms with E-state index in [1.807, 2.05) is 0 Å². The highest BCUT2D eigenvalue weighted by Gasteiger charge is 2.19. The lowest BCUT2D eigenvalue weighted by Gasteiger charge is -2.33. The van der Waals surface area contributed by atoms with Crippen molar-refractivity contribution in [2.45, 2.75) is 12.5 Å². The molecule has 0 bridgehead atoms. The van der Waals surface area contributed by atoms with Gasteiger partial charge in [-0.15, -0.1) is 0 Å². The topological polar surface area (TPSA) is 15.3 Å². The molecule has 0 spiro atoms. The van der Waals surface area contributed by atoms with Crippen LogP contribution in [0.2, 0.25) is 0 Å². The van der Waals surface area contributed by atoms with Gasteiger partial charge < -0.3 is 5.32 Å². The quantitative estimate of drug-likeness (QED) is 0.699. The maximum Gasteiger partial charge on any atom is 0.0483 e. The van der Waals surface area contributed by atoms with Gasteiger partial charge in [-0.2, -0.15) is 0 Å². The van der Waals surface area contributed by atoms with Crippen LogP contribution in [-0.2, 0) is 0 Å². The van der Waals surface area contributed by atoms with E-state index in [9.17, 15) is 0 Å². The van der Waals surface area contributed by atoms with Crippen molar-refractivity contribution in [2.75, 3.05) is 20.3 Å². The smallest absolute Gasteiger partial charge is 0.0483 e. The fourth-order valence-corrected chi connectivity index (χ4v) is 1.92. The Balaban J connectivity index is 2.15. The molecule has 0 amide bonds. The van der Waals surface area contributed by atoms with Gasteiger partial charge in [0.1, 0.15) is 0 Å². The molecule has 1 saturated heterocycles. The predicted octanol–water partition coefficient (Wildman–Crippen LogP) is 1.61. The van der Waals surface area contributed by atoms with Gasteiger partial charge in [-0.3, -0.25) is 4.90 Å². The van der Waals surface area contributed by atoms with Gasteiger partial charge in [0.05, 0.1) is 0 Å². The monoisotopic (exact) mass is 176 g/mol. The van der Waals surface area contributed by atoms with E-state index >= 15 is 0 Å². The molecule has 1 fully saturated rings. The second-order valence-corrected chi connectivity index (χ2v) is 3.63. The largest absolute Gasteiger partial charge is 0.304 e. The fourth-order valence-electron chi connectivity index (χ4n) is 1.92. The Bertz CT molecular complexity index is 258. The average Bonchev–Trinajstić information content (AvgIpc) is 2.20. The van der Waals surface area contributed by atoms with E-state index in [-0.39, 0.29) is 0 Å². The van der Waals surface area contributed by atoms with Crippen LogP contribution in [0.15, 0.2) is 30.3 Å². The Morgan fingerprint density at radius 1 is 1.31 bits per heavy atom. The van der Waals surface area contributed by atoms with E-state index in [1.54, 1.807) is 0 Å². The minimum Gasteiger partial charge on any atom is -0.304 e. The molecular formula is C11H16N2. The first-order valence-electron chi connectivity index (χ1n) is 4.84. The molecular weight excluding hydrogens is 160 g/mol. The first-order valence-corrected chi connectivity index (χ1v) is 4.84. The Kier molecular flexibility index (Phi) is 2.62. The van der Waals surface area contributed by atoms with Crippen LogP contribution in [0.3, 0.4) is 0 Å². The summed E-state index contributed by atoms with van der Waals surface area (Å²) in [6.07, 6.45) is 1.21. The Hall–Kier alpha value is -0.860. The van der Waals surface area contributed by atoms with Crippen molar-refractivity contribution in [3.8, 4) is 0 Å². The molecule has 1 aliphatic heterocycles. The maximum atomic E-state index is 3.36. The van der Waals surface area contributed by atoms with E-state index in [1.165, 1.54) is 12.0 Å². The molecule has 1 unspecified atom stereocenters. The second kappa shape index (κ2) is 3.90. The normalized spacial score (nSPS) is 24.5. The van der Waals surface area contributed by atoms with Gasteiger partial charge in [0.25, 0.3) is 0 Å². The van der Waals surface area contributed by atoms with Crippen molar-refractivity contribution < 1.29 is 0 Å². The third-order valence-electron chi connectivity index (χ3n) is 2.67. The fraction of sp³-hybridized carbons (Fsp3) is 0.455. The zero-order chi connectivity index (χ0) is 9.10. The van der Waals surface area contributed by atoms with E-state index in [0.29, 0.717) is 6.04 Å². The van der Waals surface area contributed by atoms with Crippen LogP contribution in [0, 0.1) is 0 Å². The molecule has 0 aromatic heterocycles. The molecule has 1 N–H and O–H groups in total. The molecule has 0 saturated carbocycles. The third kappa shape index (κ3) is 1.90. The summed E-state index contributed by atoms with van der Waals surface area (Å²) in [5, 5.41) is 3.36. The zero-order valence-corrected chi connectivity index (χ0v) is 8.03. The Morgan fingerprint density at radius 2 is 2.08 bits per heavy atom. The molecule has 1 atom stereocenters. The van der Waals surface area contributed by atoms with Crippen molar-refractivity contribution in [3.05, 3.63) is 35.9 Å². The summed E-state index contributed by atoms with van der Waals surface area (Å²) in [4.78, 5) is 2.36. The third-order valence-corrected chi connectivity index (χ3v) is 2.67. The van der Waals surface area contributed by atoms with Gasteiger partial charge in [0, 0.05) is 12.7 Å². The second-order valence-electron chi connectivity index (χ2n) is 3.63. The Morgan fingerprint density at radius 3 is 2.77 bits per heavy atom. The summed E-state index contributed by atoms with van der Waals surface area (Å²) in [6.45, 7) is 2.13. The molecule has 1 heterocycles. The van der Waals surface area contributed by atoms with Gasteiger partial charge in [0.2, 0.25) is 0 Å². The molecule has 1 aromatic rings. The van der Waals surface area contributed by atoms with Crippen molar-refractivity contribution >= 4 is 0 Å². The summed E-state index contributed by atoms with van der Waals surface area (Å²) < 4.78 is 0. The van der Waals surface area contributed by atoms with Crippen LogP contribution in [0.5, 0.6) is 0 Å². The summed E-state index contributed by atoms with van der Waals surface area (Å²) in [7, 11) is 2.17. The van der Waals surface area contributed by atoms with Crippen LogP contribution < -0.4 is 5.32 Å². The summed E-state index contributed by atoms with van der Waals surface area (Å²) >= 11 is 0. The number of hydrogen-bond donors (Lipinski definition) is 1. The number of rotatable bonds is 1. The van der Waals surface area contributed by atoms with Crippen LogP contribution in [0.1, 0.15) is 18.0 Å². The van der Waals surface area contributed by atoms with Crippen LogP contribution in [0.25, 0.3) is 0 Å². The average molecular weight is 176 g/mol. The van der Waals surface area contributed by atoms with E-state index < -0.39 is 0 Å². The highest BCUT2D eigenvalue weighted by molar-refractivity contribution is 5.19. The minimum absolute atomic E-state index is 0.599. The summed E-state index contributed by atoms with van der Waals surface area (Å²) in [5.74, 6) is 0. The highest BCUT2D eigenvalue weighted by Crippen LogP contribution is 2.23. The zero-order valence-electron chi connectivity index (χ0n) is 8.03. The maximum absolute atomic E-state index is 3.36. The molecule has 13 heavy (non-hydrogen) atoms. The lowest BCUT2D eigenvalue weighted by Crippen LogP contribution is -2.41. The highest BCUT2D eigenvalue weighted by atomic mass is 15.2. The van der Waals surface area contributed by atoms with Gasteiger partial charge in [-0.05, 0) is 25.6 Å². The minimum atomic E-state index is 0.599. The molecule has 2 nitrogen and oxygen atoms in total. The van der Waals surface area contributed by atoms with E-state index in [4.69, 9.17) is 0 Å². The number of nitrogens with one attached hydrogen (secondary N) is 1. The SMILES string of the molecule is CN1CNCCC1c1ccccc1. The van der Waals surface area contributed by atoms with Crippen LogP contribution in [-0.4, -0.2) is 25.2 Å². The lowest BCUT2D eigenvalue weighted by molar-refractivity contribution is 0.177. The van der Waals surface area contributed by atoms with Crippen molar-refractivity contribution in [1.29, 1.82) is 0 Å². The molecule has 2 rings (SSSR count). The lowest BCUT2D eigenvalue weighted by atomic mass is 10.0. The van der Waals surface area contributed by atoms with Gasteiger partial charge in [0.15, 0.2) is 0 Å². The van der Waals surface area contributed by atoms with Crippen molar-refractivity contribution in [1.82, 2.24) is 10.2 Å². The van der Waals surface area contributed by atoms with Crippen molar-refractivity contribution in [2.24, 2.45) is 0 Å². The molecule has 2 heteroatoms. The van der Waals surface area contributed by atoms with E-state index in [0.717, 1.165) is 13.2 Å². The first-order chi connectivity index (χ1) is 6.38. The molecule has 0 aliphatic carbocycles. The van der Waals surface area contributed by atoms with Gasteiger partial charge >= 0.3 is 0 Å². The Labute approximate surface area is 79.6 Å². The summed E-state index contributed by atoms with van der Waals surface area (Å²) in [5.41, 5.74) is 1.44. The number of nitrogens with zero attached hydrogens (tertiary/aromatic N) is 1. The summed E-state index contributed by atoms with van der Waals surface area (Å²) in [6, 6.07) is 11.3. The van der Waals surface area contributed by atoms with Crippen LogP contribution in [0.4, 0.5) is 0 Å². The van der Waals surface area contributed by atoms with Crippen molar-refractivity contribution in [3.63, 3.8) is 0 Å². The molecule has 1 aromatic carbocycles. The predicted molar refractivity (Wildman–Crippen MR) is 54.4 cm³/mol. The first kappa shape index (κ1) is 8.73. The molecule has 0 radical (unpaired) electrons.